The standard InChI is InChI=1S/C13H11BrN4O2S/c1-16-12-3-2-6-17-13(12)21(19,20)18-11-5-4-9(8-15)7-10(11)14/h2-7,16,18H,1H3. The summed E-state index contributed by atoms with van der Waals surface area (Å²) in [6.45, 7) is 0. The van der Waals surface area contributed by atoms with Gasteiger partial charge in [0, 0.05) is 17.7 Å². The van der Waals surface area contributed by atoms with Crippen LogP contribution in [0.4, 0.5) is 11.4 Å². The van der Waals surface area contributed by atoms with Crippen LogP contribution in [0.3, 0.4) is 0 Å². The van der Waals surface area contributed by atoms with Gasteiger partial charge in [-0.25, -0.2) is 4.98 Å². The van der Waals surface area contributed by atoms with Crippen molar-refractivity contribution < 1.29 is 8.42 Å². The Morgan fingerprint density at radius 2 is 2.05 bits per heavy atom. The first-order valence-electron chi connectivity index (χ1n) is 5.83. The summed E-state index contributed by atoms with van der Waals surface area (Å²) in [4.78, 5) is 3.90. The highest BCUT2D eigenvalue weighted by molar-refractivity contribution is 9.10. The molecule has 2 N–H and O–H groups in total. The molecule has 1 heterocycles. The molecule has 1 aromatic heterocycles. The molecule has 0 spiro atoms. The molecule has 0 aliphatic carbocycles. The van der Waals surface area contributed by atoms with Gasteiger partial charge in [-0.3, -0.25) is 4.72 Å². The highest BCUT2D eigenvalue weighted by atomic mass is 79.9. The molecule has 8 heteroatoms. The van der Waals surface area contributed by atoms with Crippen molar-refractivity contribution in [3.8, 4) is 6.07 Å². The van der Waals surface area contributed by atoms with E-state index in [0.29, 0.717) is 21.4 Å². The summed E-state index contributed by atoms with van der Waals surface area (Å²) < 4.78 is 27.7. The maximum Gasteiger partial charge on any atom is 0.281 e. The lowest BCUT2D eigenvalue weighted by Crippen LogP contribution is -2.16. The minimum Gasteiger partial charge on any atom is -0.386 e. The van der Waals surface area contributed by atoms with E-state index in [2.05, 4.69) is 31.0 Å². The number of pyridine rings is 1. The third kappa shape index (κ3) is 3.32. The van der Waals surface area contributed by atoms with Crippen molar-refractivity contribution in [2.24, 2.45) is 0 Å². The van der Waals surface area contributed by atoms with E-state index < -0.39 is 10.0 Å². The number of hydrogen-bond donors (Lipinski definition) is 2. The molecular weight excluding hydrogens is 356 g/mol. The van der Waals surface area contributed by atoms with Gasteiger partial charge in [0.2, 0.25) is 0 Å². The Morgan fingerprint density at radius 3 is 2.67 bits per heavy atom. The van der Waals surface area contributed by atoms with Gasteiger partial charge >= 0.3 is 0 Å². The molecule has 0 amide bonds. The second-order valence-electron chi connectivity index (χ2n) is 4.02. The van der Waals surface area contributed by atoms with Gasteiger partial charge in [0.1, 0.15) is 0 Å². The molecule has 1 aromatic carbocycles. The van der Waals surface area contributed by atoms with Gasteiger partial charge in [-0.05, 0) is 46.3 Å². The highest BCUT2D eigenvalue weighted by Crippen LogP contribution is 2.27. The van der Waals surface area contributed by atoms with Crippen LogP contribution < -0.4 is 10.0 Å². The van der Waals surface area contributed by atoms with Crippen LogP contribution in [0.5, 0.6) is 0 Å². The lowest BCUT2D eigenvalue weighted by molar-refractivity contribution is 0.598. The molecule has 0 fully saturated rings. The summed E-state index contributed by atoms with van der Waals surface area (Å²) >= 11 is 3.23. The summed E-state index contributed by atoms with van der Waals surface area (Å²) in [5.74, 6) is 0. The number of hydrogen-bond acceptors (Lipinski definition) is 5. The van der Waals surface area contributed by atoms with Crippen LogP contribution >= 0.6 is 15.9 Å². The van der Waals surface area contributed by atoms with Crippen LogP contribution in [0.15, 0.2) is 46.0 Å². The molecule has 21 heavy (non-hydrogen) atoms. The number of nitriles is 1. The molecule has 0 saturated heterocycles. The number of benzene rings is 1. The smallest absolute Gasteiger partial charge is 0.281 e. The van der Waals surface area contributed by atoms with Gasteiger partial charge in [0.05, 0.1) is 23.0 Å². The fourth-order valence-corrected chi connectivity index (χ4v) is 3.49. The lowest BCUT2D eigenvalue weighted by Gasteiger charge is -2.12. The van der Waals surface area contributed by atoms with Gasteiger partial charge in [-0.2, -0.15) is 13.7 Å². The molecule has 0 bridgehead atoms. The van der Waals surface area contributed by atoms with Crippen LogP contribution in [0.1, 0.15) is 5.56 Å². The normalized spacial score (nSPS) is 10.7. The molecule has 0 aliphatic heterocycles. The second kappa shape index (κ2) is 6.11. The summed E-state index contributed by atoms with van der Waals surface area (Å²) in [6.07, 6.45) is 1.41. The number of anilines is 2. The largest absolute Gasteiger partial charge is 0.386 e. The zero-order valence-electron chi connectivity index (χ0n) is 11.0. The molecule has 6 nitrogen and oxygen atoms in total. The Kier molecular flexibility index (Phi) is 4.45. The number of aromatic nitrogens is 1. The van der Waals surface area contributed by atoms with E-state index in [1.165, 1.54) is 24.4 Å². The highest BCUT2D eigenvalue weighted by Gasteiger charge is 2.20. The van der Waals surface area contributed by atoms with E-state index in [9.17, 15) is 8.42 Å². The molecule has 2 aromatic rings. The van der Waals surface area contributed by atoms with E-state index in [1.807, 2.05) is 6.07 Å². The van der Waals surface area contributed by atoms with E-state index in [-0.39, 0.29) is 5.03 Å². The molecule has 0 aliphatic rings. The zero-order chi connectivity index (χ0) is 15.5. The van der Waals surface area contributed by atoms with Crippen LogP contribution in [0.25, 0.3) is 0 Å². The van der Waals surface area contributed by atoms with Crippen LogP contribution in [-0.4, -0.2) is 20.4 Å². The Balaban J connectivity index is 2.41. The summed E-state index contributed by atoms with van der Waals surface area (Å²) in [5.41, 5.74) is 1.16. The van der Waals surface area contributed by atoms with E-state index in [0.717, 1.165) is 0 Å². The minimum absolute atomic E-state index is 0.0937. The number of sulfonamides is 1. The number of nitrogens with one attached hydrogen (secondary N) is 2. The second-order valence-corrected chi connectivity index (χ2v) is 6.47. The van der Waals surface area contributed by atoms with Crippen molar-refractivity contribution in [3.63, 3.8) is 0 Å². The van der Waals surface area contributed by atoms with Crippen molar-refractivity contribution in [1.29, 1.82) is 5.26 Å². The number of halogens is 1. The van der Waals surface area contributed by atoms with Crippen LogP contribution in [-0.2, 0) is 10.0 Å². The summed E-state index contributed by atoms with van der Waals surface area (Å²) in [7, 11) is -2.22. The summed E-state index contributed by atoms with van der Waals surface area (Å²) in [6, 6.07) is 9.82. The Morgan fingerprint density at radius 1 is 1.29 bits per heavy atom. The fourth-order valence-electron chi connectivity index (χ4n) is 1.66. The average Bonchev–Trinajstić information content (AvgIpc) is 2.49. The molecule has 0 unspecified atom stereocenters. The molecular formula is C13H11BrN4O2S. The zero-order valence-corrected chi connectivity index (χ0v) is 13.4. The third-order valence-corrected chi connectivity index (χ3v) is 4.62. The van der Waals surface area contributed by atoms with Gasteiger partial charge in [0.25, 0.3) is 10.0 Å². The fraction of sp³-hybridized carbons (Fsp3) is 0.0769. The molecule has 0 atom stereocenters. The first kappa shape index (κ1) is 15.3. The monoisotopic (exact) mass is 366 g/mol. The minimum atomic E-state index is -3.83. The van der Waals surface area contributed by atoms with E-state index in [1.54, 1.807) is 19.2 Å². The maximum absolute atomic E-state index is 12.4. The molecule has 2 rings (SSSR count). The van der Waals surface area contributed by atoms with Crippen molar-refractivity contribution in [1.82, 2.24) is 4.98 Å². The van der Waals surface area contributed by atoms with Crippen molar-refractivity contribution in [2.75, 3.05) is 17.1 Å². The van der Waals surface area contributed by atoms with Gasteiger partial charge in [0.15, 0.2) is 5.03 Å². The van der Waals surface area contributed by atoms with E-state index in [4.69, 9.17) is 5.26 Å². The lowest BCUT2D eigenvalue weighted by atomic mass is 10.2. The average molecular weight is 367 g/mol. The first-order valence-corrected chi connectivity index (χ1v) is 8.11. The van der Waals surface area contributed by atoms with Crippen molar-refractivity contribution in [2.45, 2.75) is 5.03 Å². The quantitative estimate of drug-likeness (QED) is 0.866. The van der Waals surface area contributed by atoms with Crippen molar-refractivity contribution >= 4 is 37.3 Å². The Bertz CT molecular complexity index is 815. The Hall–Kier alpha value is -2.11. The number of nitrogens with zero attached hydrogens (tertiary/aromatic N) is 2. The molecule has 0 radical (unpaired) electrons. The van der Waals surface area contributed by atoms with Crippen LogP contribution in [0.2, 0.25) is 0 Å². The van der Waals surface area contributed by atoms with Gasteiger partial charge in [-0.15, -0.1) is 0 Å². The maximum atomic E-state index is 12.4. The first-order chi connectivity index (χ1) is 9.97. The predicted octanol–water partition coefficient (Wildman–Crippen LogP) is 2.56. The van der Waals surface area contributed by atoms with Gasteiger partial charge < -0.3 is 5.32 Å². The number of rotatable bonds is 4. The topological polar surface area (TPSA) is 94.9 Å². The summed E-state index contributed by atoms with van der Waals surface area (Å²) in [5, 5.41) is 11.5. The third-order valence-electron chi connectivity index (χ3n) is 2.64. The predicted molar refractivity (Wildman–Crippen MR) is 83.4 cm³/mol. The van der Waals surface area contributed by atoms with Gasteiger partial charge in [-0.1, -0.05) is 0 Å². The van der Waals surface area contributed by atoms with E-state index >= 15 is 0 Å². The molecule has 108 valence electrons. The molecule has 0 saturated carbocycles. The Labute approximate surface area is 131 Å². The van der Waals surface area contributed by atoms with Crippen molar-refractivity contribution in [3.05, 3.63) is 46.6 Å². The SMILES string of the molecule is CNc1cccnc1S(=O)(=O)Nc1ccc(C#N)cc1Br. The van der Waals surface area contributed by atoms with Crippen LogP contribution in [0, 0.1) is 11.3 Å².